The SMILES string of the molecule is CC1(C)c2ccccc2-c2c(N(c3ccc(-c4ccc5ccccc5c4)cc3)c3ccc(-c4ccc5c(-c6ccc7cc(-c8ccc(N(c9ccc%10ccc%11sc%12ccccc%12c%11c%10c9)c9cccc%10c9-c9ccccc9C%10(C)C)cc8)ccc7c6)cc6sc7ccccc7c6c5c4)cc3)cccc21. The third kappa shape index (κ3) is 9.38. The van der Waals surface area contributed by atoms with Gasteiger partial charge in [0.05, 0.1) is 11.4 Å². The van der Waals surface area contributed by atoms with Crippen LogP contribution in [0.5, 0.6) is 0 Å². The second-order valence-corrected chi connectivity index (χ2v) is 31.7. The molecule has 104 heavy (non-hydrogen) atoms. The maximum atomic E-state index is 2.51. The van der Waals surface area contributed by atoms with E-state index < -0.39 is 0 Å². The van der Waals surface area contributed by atoms with Gasteiger partial charge in [0, 0.05) is 85.1 Å². The highest BCUT2D eigenvalue weighted by atomic mass is 32.1. The van der Waals surface area contributed by atoms with Crippen molar-refractivity contribution >= 4 is 140 Å². The summed E-state index contributed by atoms with van der Waals surface area (Å²) < 4.78 is 5.22. The van der Waals surface area contributed by atoms with Crippen molar-refractivity contribution in [3.63, 3.8) is 0 Å². The lowest BCUT2D eigenvalue weighted by molar-refractivity contribution is 0.660. The van der Waals surface area contributed by atoms with Crippen molar-refractivity contribution in [3.05, 3.63) is 362 Å². The Labute approximate surface area is 612 Å². The molecule has 0 spiro atoms. The summed E-state index contributed by atoms with van der Waals surface area (Å²) in [5.41, 5.74) is 26.8. The predicted molar refractivity (Wildman–Crippen MR) is 448 cm³/mol. The number of benzene rings is 17. The van der Waals surface area contributed by atoms with Crippen LogP contribution in [0.1, 0.15) is 49.9 Å². The number of hydrogen-bond acceptors (Lipinski definition) is 4. The minimum absolute atomic E-state index is 0.141. The summed E-state index contributed by atoms with van der Waals surface area (Å²) in [4.78, 5) is 4.98. The fourth-order valence-corrected chi connectivity index (χ4v) is 20.1. The Morgan fingerprint density at radius 3 is 1.21 bits per heavy atom. The molecule has 0 bridgehead atoms. The summed E-state index contributed by atoms with van der Waals surface area (Å²) in [6.07, 6.45) is 0. The maximum Gasteiger partial charge on any atom is 0.0543 e. The van der Waals surface area contributed by atoms with Crippen LogP contribution in [0.25, 0.3) is 150 Å². The molecule has 0 saturated heterocycles. The maximum absolute atomic E-state index is 2.51. The molecule has 0 unspecified atom stereocenters. The van der Waals surface area contributed by atoms with Gasteiger partial charge in [0.1, 0.15) is 0 Å². The van der Waals surface area contributed by atoms with Gasteiger partial charge in [-0.1, -0.05) is 258 Å². The molecular weight excluding hydrogens is 1290 g/mol. The molecule has 0 N–H and O–H groups in total. The first-order valence-electron chi connectivity index (χ1n) is 36.2. The van der Waals surface area contributed by atoms with E-state index in [1.807, 2.05) is 22.7 Å². The van der Waals surface area contributed by atoms with E-state index in [1.165, 1.54) is 184 Å². The fourth-order valence-electron chi connectivity index (χ4n) is 17.8. The van der Waals surface area contributed by atoms with Gasteiger partial charge in [0.15, 0.2) is 0 Å². The Kier molecular flexibility index (Phi) is 13.5. The van der Waals surface area contributed by atoms with Gasteiger partial charge in [0.2, 0.25) is 0 Å². The molecule has 2 aromatic heterocycles. The molecule has 0 saturated carbocycles. The minimum Gasteiger partial charge on any atom is -0.310 e. The van der Waals surface area contributed by atoms with Crippen LogP contribution >= 0.6 is 22.7 Å². The van der Waals surface area contributed by atoms with Crippen molar-refractivity contribution in [2.75, 3.05) is 9.80 Å². The Morgan fingerprint density at radius 2 is 0.625 bits per heavy atom. The van der Waals surface area contributed by atoms with Gasteiger partial charge in [-0.15, -0.1) is 22.7 Å². The highest BCUT2D eigenvalue weighted by Gasteiger charge is 2.39. The van der Waals surface area contributed by atoms with Gasteiger partial charge < -0.3 is 9.80 Å². The Hall–Kier alpha value is -12.2. The molecule has 19 aromatic rings. The summed E-state index contributed by atoms with van der Waals surface area (Å²) in [7, 11) is 0. The molecule has 0 radical (unpaired) electrons. The van der Waals surface area contributed by atoms with Crippen molar-refractivity contribution in [1.82, 2.24) is 0 Å². The minimum atomic E-state index is -0.141. The van der Waals surface area contributed by atoms with E-state index in [1.54, 1.807) is 0 Å². The summed E-state index contributed by atoms with van der Waals surface area (Å²) in [6, 6.07) is 128. The third-order valence-electron chi connectivity index (χ3n) is 23.0. The van der Waals surface area contributed by atoms with Crippen LogP contribution < -0.4 is 9.80 Å². The summed E-state index contributed by atoms with van der Waals surface area (Å²) in [6.45, 7) is 9.49. The van der Waals surface area contributed by atoms with Gasteiger partial charge in [-0.25, -0.2) is 0 Å². The van der Waals surface area contributed by atoms with Crippen molar-refractivity contribution in [2.24, 2.45) is 0 Å². The second kappa shape index (κ2) is 23.2. The number of anilines is 6. The Bertz CT molecular complexity index is 6790. The van der Waals surface area contributed by atoms with Crippen molar-refractivity contribution in [3.8, 4) is 66.8 Å². The zero-order valence-electron chi connectivity index (χ0n) is 58.0. The van der Waals surface area contributed by atoms with Crippen molar-refractivity contribution in [1.29, 1.82) is 0 Å². The number of nitrogens with zero attached hydrogens (tertiary/aromatic N) is 2. The molecule has 21 rings (SSSR count). The van der Waals surface area contributed by atoms with Crippen LogP contribution in [0, 0.1) is 0 Å². The number of thiophene rings is 2. The molecule has 2 aliphatic rings. The Balaban J connectivity index is 0.633. The topological polar surface area (TPSA) is 6.48 Å². The highest BCUT2D eigenvalue weighted by Crippen LogP contribution is 2.57. The van der Waals surface area contributed by atoms with Gasteiger partial charge in [-0.05, 0) is 230 Å². The zero-order valence-corrected chi connectivity index (χ0v) is 59.7. The summed E-state index contributed by atoms with van der Waals surface area (Å²) in [5, 5.41) is 15.2. The summed E-state index contributed by atoms with van der Waals surface area (Å²) >= 11 is 3.77. The van der Waals surface area contributed by atoms with E-state index in [9.17, 15) is 0 Å². The van der Waals surface area contributed by atoms with E-state index in [4.69, 9.17) is 0 Å². The van der Waals surface area contributed by atoms with Gasteiger partial charge in [-0.3, -0.25) is 0 Å². The molecule has 17 aromatic carbocycles. The molecule has 2 heterocycles. The van der Waals surface area contributed by atoms with E-state index >= 15 is 0 Å². The summed E-state index contributed by atoms with van der Waals surface area (Å²) in [5.74, 6) is 0. The van der Waals surface area contributed by atoms with E-state index in [2.05, 4.69) is 377 Å². The molecule has 2 aliphatic carbocycles. The molecule has 4 heteroatoms. The normalized spacial score (nSPS) is 13.3. The monoisotopic (exact) mass is 1360 g/mol. The first-order chi connectivity index (χ1) is 51.0. The molecule has 490 valence electrons. The lowest BCUT2D eigenvalue weighted by atomic mass is 9.82. The molecule has 0 fully saturated rings. The first kappa shape index (κ1) is 60.6. The highest BCUT2D eigenvalue weighted by molar-refractivity contribution is 7.26. The van der Waals surface area contributed by atoms with Crippen LogP contribution in [0.4, 0.5) is 34.1 Å². The van der Waals surface area contributed by atoms with Crippen LogP contribution in [-0.4, -0.2) is 0 Å². The molecule has 2 nitrogen and oxygen atoms in total. The fraction of sp³-hybridized carbons (Fsp3) is 0.0600. The number of hydrogen-bond donors (Lipinski definition) is 0. The van der Waals surface area contributed by atoms with Crippen LogP contribution in [0.2, 0.25) is 0 Å². The van der Waals surface area contributed by atoms with E-state index in [-0.39, 0.29) is 10.8 Å². The molecule has 0 amide bonds. The predicted octanol–water partition coefficient (Wildman–Crippen LogP) is 29.3. The van der Waals surface area contributed by atoms with Crippen molar-refractivity contribution in [2.45, 2.75) is 38.5 Å². The molecule has 0 atom stereocenters. The lowest BCUT2D eigenvalue weighted by Crippen LogP contribution is -2.16. The largest absolute Gasteiger partial charge is 0.310 e. The average molecular weight is 1360 g/mol. The standard InChI is InChI=1S/C100H68N2S2/c1-99(2)85-23-11-7-19-78(85)97-87(99)25-15-27-89(97)101(73-46-37-62(38-47-73)67-32-31-61-17-5-6-18-66(61)55-67)74-48-41-64(42-49-74)71-44-53-77-82(60-94-96(84(77)58-71)81-22-10-14-30-92(81)104-94)72-36-35-69-56-68(33-34-70(69)57-72)63-39-50-75(51-40-63)102(90-28-16-26-88-98(90)79-20-8-12-24-86(79)100(88,3)4)76-52-43-65-45-54-93-95(83(65)59-76)80-21-9-13-29-91(80)103-93/h5-60H,1-4H3. The number of fused-ring (bicyclic) bond motifs is 18. The average Bonchev–Trinajstić information content (AvgIpc) is 1.56. The Morgan fingerprint density at radius 1 is 0.221 bits per heavy atom. The lowest BCUT2D eigenvalue weighted by Gasteiger charge is -2.29. The van der Waals surface area contributed by atoms with Gasteiger partial charge in [0.25, 0.3) is 0 Å². The smallest absolute Gasteiger partial charge is 0.0543 e. The first-order valence-corrected chi connectivity index (χ1v) is 37.8. The molecular formula is C100H68N2S2. The van der Waals surface area contributed by atoms with E-state index in [0.717, 1.165) is 22.7 Å². The quantitative estimate of drug-likeness (QED) is 0.135. The van der Waals surface area contributed by atoms with Crippen molar-refractivity contribution < 1.29 is 0 Å². The van der Waals surface area contributed by atoms with Gasteiger partial charge in [-0.2, -0.15) is 0 Å². The van der Waals surface area contributed by atoms with Crippen LogP contribution in [0.15, 0.2) is 340 Å². The van der Waals surface area contributed by atoms with Crippen LogP contribution in [0.3, 0.4) is 0 Å². The van der Waals surface area contributed by atoms with Crippen LogP contribution in [-0.2, 0) is 10.8 Å². The van der Waals surface area contributed by atoms with E-state index in [0.29, 0.717) is 0 Å². The number of rotatable bonds is 10. The molecule has 0 aliphatic heterocycles. The zero-order chi connectivity index (χ0) is 69.1. The second-order valence-electron chi connectivity index (χ2n) is 29.5. The third-order valence-corrected chi connectivity index (χ3v) is 25.3. The van der Waals surface area contributed by atoms with Gasteiger partial charge >= 0.3 is 0 Å².